The molecule has 0 saturated carbocycles. The number of nitrogens with zero attached hydrogens (tertiary/aromatic N) is 3. The number of aliphatic carboxylic acids is 1. The number of aromatic amines is 1. The molecule has 3 rings (SSSR count). The van der Waals surface area contributed by atoms with Crippen LogP contribution < -0.4 is 5.32 Å². The Bertz CT molecular complexity index is 1140. The molecular formula is C24H27N5O5S. The number of thioether (sulfide) groups is 1. The predicted octanol–water partition coefficient (Wildman–Crippen LogP) is 3.46. The van der Waals surface area contributed by atoms with Crippen molar-refractivity contribution in [3.05, 3.63) is 93.6 Å². The number of nitrogens with one attached hydrogen (secondary N) is 2. The summed E-state index contributed by atoms with van der Waals surface area (Å²) >= 11 is 1.52. The van der Waals surface area contributed by atoms with E-state index >= 15 is 0 Å². The van der Waals surface area contributed by atoms with Crippen LogP contribution in [0.1, 0.15) is 33.6 Å². The number of aromatic nitrogens is 2. The molecule has 0 spiro atoms. The second kappa shape index (κ2) is 12.7. The van der Waals surface area contributed by atoms with Gasteiger partial charge in [-0.3, -0.25) is 19.8 Å². The molecule has 1 heterocycles. The van der Waals surface area contributed by atoms with E-state index in [2.05, 4.69) is 20.2 Å². The number of carboxylic acids is 1. The van der Waals surface area contributed by atoms with Gasteiger partial charge in [-0.1, -0.05) is 24.3 Å². The number of carboxylic acid groups (broad SMARTS) is 1. The lowest BCUT2D eigenvalue weighted by Gasteiger charge is -2.22. The highest BCUT2D eigenvalue weighted by molar-refractivity contribution is 7.98. The highest BCUT2D eigenvalue weighted by Crippen LogP contribution is 2.17. The molecule has 0 fully saturated rings. The molecule has 35 heavy (non-hydrogen) atoms. The maximum absolute atomic E-state index is 12.7. The van der Waals surface area contributed by atoms with Crippen molar-refractivity contribution in [2.24, 2.45) is 0 Å². The Morgan fingerprint density at radius 2 is 1.91 bits per heavy atom. The van der Waals surface area contributed by atoms with Crippen LogP contribution in [-0.4, -0.2) is 54.8 Å². The van der Waals surface area contributed by atoms with Crippen LogP contribution in [0.4, 0.5) is 5.69 Å². The molecule has 0 saturated heterocycles. The van der Waals surface area contributed by atoms with E-state index in [1.807, 2.05) is 12.3 Å². The Kier molecular flexibility index (Phi) is 9.39. The summed E-state index contributed by atoms with van der Waals surface area (Å²) in [4.78, 5) is 44.1. The van der Waals surface area contributed by atoms with Crippen molar-refractivity contribution in [3.63, 3.8) is 0 Å². The lowest BCUT2D eigenvalue weighted by molar-refractivity contribution is -0.384. The van der Waals surface area contributed by atoms with Crippen LogP contribution in [0.3, 0.4) is 0 Å². The van der Waals surface area contributed by atoms with Crippen molar-refractivity contribution < 1.29 is 19.6 Å². The maximum Gasteiger partial charge on any atom is 0.326 e. The molecule has 0 radical (unpaired) electrons. The van der Waals surface area contributed by atoms with Crippen molar-refractivity contribution in [1.82, 2.24) is 20.2 Å². The van der Waals surface area contributed by atoms with E-state index < -0.39 is 22.8 Å². The molecule has 184 valence electrons. The highest BCUT2D eigenvalue weighted by atomic mass is 32.2. The van der Waals surface area contributed by atoms with Gasteiger partial charge in [0.05, 0.1) is 16.9 Å². The van der Waals surface area contributed by atoms with Crippen molar-refractivity contribution >= 4 is 29.3 Å². The first-order valence-corrected chi connectivity index (χ1v) is 12.3. The molecule has 11 heteroatoms. The van der Waals surface area contributed by atoms with Gasteiger partial charge in [0.1, 0.15) is 6.04 Å². The number of H-pyrrole nitrogens is 1. The molecule has 10 nitrogen and oxygen atoms in total. The normalized spacial score (nSPS) is 11.8. The third-order valence-corrected chi connectivity index (χ3v) is 5.95. The number of rotatable bonds is 13. The summed E-state index contributed by atoms with van der Waals surface area (Å²) in [5.74, 6) is -0.867. The van der Waals surface area contributed by atoms with E-state index in [1.54, 1.807) is 42.9 Å². The Labute approximate surface area is 206 Å². The number of amides is 1. The molecule has 0 unspecified atom stereocenters. The summed E-state index contributed by atoms with van der Waals surface area (Å²) < 4.78 is 0. The quantitative estimate of drug-likeness (QED) is 0.241. The van der Waals surface area contributed by atoms with E-state index in [-0.39, 0.29) is 5.69 Å². The van der Waals surface area contributed by atoms with Crippen molar-refractivity contribution in [2.75, 3.05) is 12.0 Å². The van der Waals surface area contributed by atoms with Gasteiger partial charge in [-0.25, -0.2) is 9.78 Å². The SMILES string of the molecule is CSCC[C@H](NC(=O)c1cccc(CN(Cc2ccc([N+](=O)[O-])cc2)Cc2c[nH]cn2)c1)C(=O)O. The standard InChI is InChI=1S/C24H27N5O5S/c1-35-10-9-22(24(31)32)27-23(30)19-4-2-3-18(11-19)14-28(15-20-12-25-16-26-20)13-17-5-7-21(8-6-17)29(33)34/h2-8,11-12,16,22H,9-10,13-15H2,1H3,(H,25,26)(H,27,30)(H,31,32)/t22-/m0/s1. The summed E-state index contributed by atoms with van der Waals surface area (Å²) in [7, 11) is 0. The van der Waals surface area contributed by atoms with Crippen molar-refractivity contribution in [1.29, 1.82) is 0 Å². The van der Waals surface area contributed by atoms with Crippen LogP contribution in [0.25, 0.3) is 0 Å². The van der Waals surface area contributed by atoms with Gasteiger partial charge in [-0.05, 0) is 41.7 Å². The molecule has 0 bridgehead atoms. The molecule has 0 aliphatic heterocycles. The number of nitro benzene ring substituents is 1. The van der Waals surface area contributed by atoms with Gasteiger partial charge in [0.15, 0.2) is 0 Å². The fraction of sp³-hybridized carbons (Fsp3) is 0.292. The van der Waals surface area contributed by atoms with Gasteiger partial charge >= 0.3 is 5.97 Å². The van der Waals surface area contributed by atoms with Crippen LogP contribution in [-0.2, 0) is 24.4 Å². The summed E-state index contributed by atoms with van der Waals surface area (Å²) in [6, 6.07) is 12.5. The molecular weight excluding hydrogens is 470 g/mol. The monoisotopic (exact) mass is 497 g/mol. The van der Waals surface area contributed by atoms with Crippen LogP contribution in [0.2, 0.25) is 0 Å². The van der Waals surface area contributed by atoms with E-state index in [0.717, 1.165) is 16.8 Å². The second-order valence-corrected chi connectivity index (χ2v) is 8.96. The summed E-state index contributed by atoms with van der Waals surface area (Å²) in [6.07, 6.45) is 5.62. The van der Waals surface area contributed by atoms with Gasteiger partial charge in [0.25, 0.3) is 11.6 Å². The minimum Gasteiger partial charge on any atom is -0.480 e. The molecule has 1 aromatic heterocycles. The molecule has 3 N–H and O–H groups in total. The Morgan fingerprint density at radius 3 is 2.54 bits per heavy atom. The molecule has 2 aromatic carbocycles. The van der Waals surface area contributed by atoms with Crippen molar-refractivity contribution in [3.8, 4) is 0 Å². The average Bonchev–Trinajstić information content (AvgIpc) is 3.35. The van der Waals surface area contributed by atoms with Crippen molar-refractivity contribution in [2.45, 2.75) is 32.1 Å². The predicted molar refractivity (Wildman–Crippen MR) is 133 cm³/mol. The van der Waals surface area contributed by atoms with Crippen LogP contribution in [0.15, 0.2) is 61.1 Å². The zero-order chi connectivity index (χ0) is 25.2. The topological polar surface area (TPSA) is 141 Å². The van der Waals surface area contributed by atoms with E-state index in [9.17, 15) is 24.8 Å². The second-order valence-electron chi connectivity index (χ2n) is 7.98. The first-order valence-electron chi connectivity index (χ1n) is 10.9. The number of carbonyl (C=O) groups excluding carboxylic acids is 1. The zero-order valence-corrected chi connectivity index (χ0v) is 20.0. The smallest absolute Gasteiger partial charge is 0.326 e. The van der Waals surface area contributed by atoms with E-state index in [4.69, 9.17) is 0 Å². The molecule has 0 aliphatic carbocycles. The first kappa shape index (κ1) is 25.9. The highest BCUT2D eigenvalue weighted by Gasteiger charge is 2.20. The van der Waals surface area contributed by atoms with E-state index in [0.29, 0.717) is 37.4 Å². The van der Waals surface area contributed by atoms with Gasteiger partial charge < -0.3 is 15.4 Å². The first-order chi connectivity index (χ1) is 16.9. The fourth-order valence-electron chi connectivity index (χ4n) is 3.56. The number of non-ortho nitro benzene ring substituents is 1. The number of benzene rings is 2. The summed E-state index contributed by atoms with van der Waals surface area (Å²) in [6.45, 7) is 1.52. The number of nitro groups is 1. The number of imidazole rings is 1. The largest absolute Gasteiger partial charge is 0.480 e. The molecule has 1 amide bonds. The zero-order valence-electron chi connectivity index (χ0n) is 19.2. The Morgan fingerprint density at radius 1 is 1.17 bits per heavy atom. The van der Waals surface area contributed by atoms with Crippen LogP contribution >= 0.6 is 11.8 Å². The average molecular weight is 498 g/mol. The molecule has 1 atom stereocenters. The minimum atomic E-state index is -1.06. The lowest BCUT2D eigenvalue weighted by Crippen LogP contribution is -2.41. The molecule has 0 aliphatic rings. The van der Waals surface area contributed by atoms with Crippen LogP contribution in [0, 0.1) is 10.1 Å². The van der Waals surface area contributed by atoms with Crippen LogP contribution in [0.5, 0.6) is 0 Å². The minimum absolute atomic E-state index is 0.0310. The summed E-state index contributed by atoms with van der Waals surface area (Å²) in [5.41, 5.74) is 3.01. The van der Waals surface area contributed by atoms with Gasteiger partial charge in [0.2, 0.25) is 0 Å². The Hall–Kier alpha value is -3.70. The third-order valence-electron chi connectivity index (χ3n) is 5.30. The van der Waals surface area contributed by atoms with Gasteiger partial charge in [-0.2, -0.15) is 11.8 Å². The maximum atomic E-state index is 12.7. The van der Waals surface area contributed by atoms with Gasteiger partial charge in [-0.15, -0.1) is 0 Å². The van der Waals surface area contributed by atoms with Gasteiger partial charge in [0, 0.05) is 43.5 Å². The number of hydrogen-bond acceptors (Lipinski definition) is 7. The lowest BCUT2D eigenvalue weighted by atomic mass is 10.1. The third kappa shape index (κ3) is 7.94. The Balaban J connectivity index is 1.74. The van der Waals surface area contributed by atoms with E-state index in [1.165, 1.54) is 23.9 Å². The summed E-state index contributed by atoms with van der Waals surface area (Å²) in [5, 5.41) is 23.0. The molecule has 3 aromatic rings. The fourth-order valence-corrected chi connectivity index (χ4v) is 4.03. The number of hydrogen-bond donors (Lipinski definition) is 3. The number of carbonyl (C=O) groups is 2.